The monoisotopic (exact) mass is 483 g/mol. The average Bonchev–Trinajstić information content (AvgIpc) is 2.94. The van der Waals surface area contributed by atoms with Gasteiger partial charge < -0.3 is 16.4 Å². The zero-order valence-electron chi connectivity index (χ0n) is 20.0. The van der Waals surface area contributed by atoms with E-state index in [1.165, 1.54) is 0 Å². The zero-order chi connectivity index (χ0) is 25.6. The number of amides is 2. The summed E-state index contributed by atoms with van der Waals surface area (Å²) in [5.74, 6) is -0.771. The van der Waals surface area contributed by atoms with E-state index in [1.54, 1.807) is 18.2 Å². The second kappa shape index (κ2) is 10.6. The Labute approximate surface area is 215 Å². The molecule has 0 spiro atoms. The van der Waals surface area contributed by atoms with Crippen molar-refractivity contribution < 1.29 is 9.59 Å². The molecule has 0 bridgehead atoms. The Morgan fingerprint density at radius 3 is 1.27 bits per heavy atom. The molecule has 2 amide bonds. The summed E-state index contributed by atoms with van der Waals surface area (Å²) >= 11 is 0. The molecule has 0 aliphatic carbocycles. The van der Waals surface area contributed by atoms with E-state index in [0.717, 1.165) is 22.3 Å². The van der Waals surface area contributed by atoms with Crippen molar-refractivity contribution in [2.45, 2.75) is 0 Å². The van der Waals surface area contributed by atoms with Crippen LogP contribution in [-0.4, -0.2) is 11.8 Å². The van der Waals surface area contributed by atoms with Crippen molar-refractivity contribution in [2.24, 2.45) is 0 Å². The van der Waals surface area contributed by atoms with Gasteiger partial charge in [0.05, 0.1) is 16.8 Å². The molecule has 0 aliphatic rings. The van der Waals surface area contributed by atoms with Crippen LogP contribution < -0.4 is 16.4 Å². The highest BCUT2D eigenvalue weighted by Crippen LogP contribution is 2.26. The van der Waals surface area contributed by atoms with Crippen LogP contribution in [0.15, 0.2) is 127 Å². The van der Waals surface area contributed by atoms with Gasteiger partial charge in [-0.15, -0.1) is 0 Å². The first-order chi connectivity index (χ1) is 18.1. The van der Waals surface area contributed by atoms with E-state index in [4.69, 9.17) is 5.73 Å². The third kappa shape index (κ3) is 5.41. The third-order valence-electron chi connectivity index (χ3n) is 6.05. The van der Waals surface area contributed by atoms with Gasteiger partial charge in [0.15, 0.2) is 0 Å². The van der Waals surface area contributed by atoms with Crippen LogP contribution in [0.4, 0.5) is 17.1 Å². The van der Waals surface area contributed by atoms with Gasteiger partial charge in [0.1, 0.15) is 0 Å². The molecule has 180 valence electrons. The van der Waals surface area contributed by atoms with Crippen LogP contribution >= 0.6 is 0 Å². The van der Waals surface area contributed by atoms with Crippen molar-refractivity contribution in [3.05, 3.63) is 139 Å². The van der Waals surface area contributed by atoms with Crippen molar-refractivity contribution in [2.75, 3.05) is 16.4 Å². The van der Waals surface area contributed by atoms with Crippen LogP contribution in [0, 0.1) is 0 Å². The lowest BCUT2D eigenvalue weighted by Gasteiger charge is -2.13. The molecule has 37 heavy (non-hydrogen) atoms. The van der Waals surface area contributed by atoms with Gasteiger partial charge in [-0.2, -0.15) is 0 Å². The Hall–Kier alpha value is -5.16. The standard InChI is InChI=1S/C32H25N3O2/c33-30-28(31(36)34-26-16-7-14-24(20-26)22-10-3-1-4-11-22)18-9-19-29(30)32(37)35-27-17-8-15-25(21-27)23-12-5-2-6-13-23/h1-21H,33H2,(H,34,36)(H,35,37). The Balaban J connectivity index is 1.34. The largest absolute Gasteiger partial charge is 0.397 e. The lowest BCUT2D eigenvalue weighted by Crippen LogP contribution is -2.19. The Morgan fingerprint density at radius 1 is 0.459 bits per heavy atom. The number of benzene rings is 5. The summed E-state index contributed by atoms with van der Waals surface area (Å²) in [4.78, 5) is 26.2. The van der Waals surface area contributed by atoms with Crippen LogP contribution in [0.2, 0.25) is 0 Å². The molecule has 0 atom stereocenters. The van der Waals surface area contributed by atoms with Crippen molar-refractivity contribution in [1.29, 1.82) is 0 Å². The quantitative estimate of drug-likeness (QED) is 0.225. The van der Waals surface area contributed by atoms with Gasteiger partial charge in [-0.25, -0.2) is 0 Å². The van der Waals surface area contributed by atoms with Gasteiger partial charge in [0.25, 0.3) is 11.8 Å². The van der Waals surface area contributed by atoms with E-state index in [2.05, 4.69) is 10.6 Å². The van der Waals surface area contributed by atoms with Crippen molar-refractivity contribution in [3.63, 3.8) is 0 Å². The number of rotatable bonds is 6. The molecule has 0 aromatic heterocycles. The normalized spacial score (nSPS) is 10.5. The van der Waals surface area contributed by atoms with E-state index in [-0.39, 0.29) is 28.6 Å². The van der Waals surface area contributed by atoms with Crippen LogP contribution in [0.1, 0.15) is 20.7 Å². The minimum Gasteiger partial charge on any atom is -0.397 e. The summed E-state index contributed by atoms with van der Waals surface area (Å²) in [7, 11) is 0. The van der Waals surface area contributed by atoms with Crippen molar-refractivity contribution >= 4 is 28.9 Å². The van der Waals surface area contributed by atoms with Crippen LogP contribution in [-0.2, 0) is 0 Å². The highest BCUT2D eigenvalue weighted by atomic mass is 16.2. The predicted octanol–water partition coefficient (Wildman–Crippen LogP) is 7.11. The molecule has 0 saturated carbocycles. The molecule has 0 radical (unpaired) electrons. The first-order valence-corrected chi connectivity index (χ1v) is 11.9. The molecular weight excluding hydrogens is 458 g/mol. The van der Waals surface area contributed by atoms with Crippen molar-refractivity contribution in [1.82, 2.24) is 0 Å². The Bertz CT molecular complexity index is 1450. The fourth-order valence-electron chi connectivity index (χ4n) is 4.17. The minimum atomic E-state index is -0.386. The maximum atomic E-state index is 13.1. The number of hydrogen-bond acceptors (Lipinski definition) is 3. The highest BCUT2D eigenvalue weighted by molar-refractivity contribution is 6.14. The molecule has 0 fully saturated rings. The second-order valence-corrected chi connectivity index (χ2v) is 8.57. The fourth-order valence-corrected chi connectivity index (χ4v) is 4.17. The minimum absolute atomic E-state index is 0.121. The summed E-state index contributed by atoms with van der Waals surface area (Å²) in [5, 5.41) is 5.80. The fraction of sp³-hybridized carbons (Fsp3) is 0. The molecule has 0 saturated heterocycles. The number of carbonyl (C=O) groups is 2. The van der Waals surface area contributed by atoms with Crippen LogP contribution in [0.3, 0.4) is 0 Å². The summed E-state index contributed by atoms with van der Waals surface area (Å²) in [6, 6.07) is 39.9. The lowest BCUT2D eigenvalue weighted by molar-refractivity contribution is 0.102. The predicted molar refractivity (Wildman–Crippen MR) is 151 cm³/mol. The Kier molecular flexibility index (Phi) is 6.77. The van der Waals surface area contributed by atoms with E-state index >= 15 is 0 Å². The van der Waals surface area contributed by atoms with E-state index in [9.17, 15) is 9.59 Å². The van der Waals surface area contributed by atoms with E-state index in [0.29, 0.717) is 11.4 Å². The van der Waals surface area contributed by atoms with Gasteiger partial charge in [-0.3, -0.25) is 9.59 Å². The molecule has 0 unspecified atom stereocenters. The van der Waals surface area contributed by atoms with E-state index in [1.807, 2.05) is 109 Å². The molecule has 0 aliphatic heterocycles. The molecule has 0 heterocycles. The molecular formula is C32H25N3O2. The molecule has 4 N–H and O–H groups in total. The summed E-state index contributed by atoms with van der Waals surface area (Å²) in [5.41, 5.74) is 12.2. The maximum Gasteiger partial charge on any atom is 0.257 e. The molecule has 5 aromatic carbocycles. The number of nitrogens with one attached hydrogen (secondary N) is 2. The summed E-state index contributed by atoms with van der Waals surface area (Å²) in [6.07, 6.45) is 0. The zero-order valence-corrected chi connectivity index (χ0v) is 20.0. The van der Waals surface area contributed by atoms with Crippen LogP contribution in [0.5, 0.6) is 0 Å². The number of carbonyl (C=O) groups excluding carboxylic acids is 2. The number of anilines is 3. The average molecular weight is 484 g/mol. The number of para-hydroxylation sites is 1. The summed E-state index contributed by atoms with van der Waals surface area (Å²) in [6.45, 7) is 0. The third-order valence-corrected chi connectivity index (χ3v) is 6.05. The van der Waals surface area contributed by atoms with E-state index < -0.39 is 0 Å². The van der Waals surface area contributed by atoms with Gasteiger partial charge in [-0.1, -0.05) is 91.0 Å². The van der Waals surface area contributed by atoms with Gasteiger partial charge in [0.2, 0.25) is 0 Å². The van der Waals surface area contributed by atoms with Gasteiger partial charge in [0, 0.05) is 11.4 Å². The first kappa shape index (κ1) is 23.6. The molecule has 5 nitrogen and oxygen atoms in total. The van der Waals surface area contributed by atoms with Crippen LogP contribution in [0.25, 0.3) is 22.3 Å². The molecule has 5 rings (SSSR count). The highest BCUT2D eigenvalue weighted by Gasteiger charge is 2.18. The number of nitrogens with two attached hydrogens (primary N) is 1. The smallest absolute Gasteiger partial charge is 0.257 e. The number of nitrogen functional groups attached to an aromatic ring is 1. The topological polar surface area (TPSA) is 84.2 Å². The Morgan fingerprint density at radius 2 is 0.838 bits per heavy atom. The second-order valence-electron chi connectivity index (χ2n) is 8.57. The van der Waals surface area contributed by atoms with Gasteiger partial charge in [-0.05, 0) is 58.7 Å². The SMILES string of the molecule is Nc1c(C(=O)Nc2cccc(-c3ccccc3)c2)cccc1C(=O)Nc1cccc(-c2ccccc2)c1. The first-order valence-electron chi connectivity index (χ1n) is 11.9. The van der Waals surface area contributed by atoms with Crippen molar-refractivity contribution in [3.8, 4) is 22.3 Å². The van der Waals surface area contributed by atoms with Gasteiger partial charge >= 0.3 is 0 Å². The molecule has 5 heteroatoms. The molecule has 5 aromatic rings. The lowest BCUT2D eigenvalue weighted by atomic mass is 10.0. The number of hydrogen-bond donors (Lipinski definition) is 3. The summed E-state index contributed by atoms with van der Waals surface area (Å²) < 4.78 is 0. The maximum absolute atomic E-state index is 13.1.